The van der Waals surface area contributed by atoms with Gasteiger partial charge in [-0.15, -0.1) is 0 Å². The Bertz CT molecular complexity index is 530. The predicted molar refractivity (Wildman–Crippen MR) is 67.8 cm³/mol. The molecule has 0 spiro atoms. The van der Waals surface area contributed by atoms with Crippen LogP contribution >= 0.6 is 0 Å². The normalized spacial score (nSPS) is 26.5. The zero-order valence-electron chi connectivity index (χ0n) is 10.5. The second kappa shape index (κ2) is 5.18. The summed E-state index contributed by atoms with van der Waals surface area (Å²) in [6.45, 7) is 1.38. The first-order valence-corrected chi connectivity index (χ1v) is 7.40. The zero-order valence-corrected chi connectivity index (χ0v) is 11.3. The summed E-state index contributed by atoms with van der Waals surface area (Å²) < 4.78 is 25.6. The van der Waals surface area contributed by atoms with Crippen molar-refractivity contribution in [2.75, 3.05) is 13.1 Å². The van der Waals surface area contributed by atoms with Gasteiger partial charge in [0.15, 0.2) is 0 Å². The van der Waals surface area contributed by atoms with Crippen LogP contribution in [0.25, 0.3) is 0 Å². The summed E-state index contributed by atoms with van der Waals surface area (Å²) in [6.07, 6.45) is -2.76. The molecule has 106 valence electrons. The average Bonchev–Trinajstić information content (AvgIpc) is 2.70. The van der Waals surface area contributed by atoms with Crippen LogP contribution < -0.4 is 0 Å². The van der Waals surface area contributed by atoms with Crippen molar-refractivity contribution in [3.8, 4) is 0 Å². The Morgan fingerprint density at radius 2 is 1.63 bits per heavy atom. The van der Waals surface area contributed by atoms with Crippen LogP contribution in [0.3, 0.4) is 0 Å². The molecule has 0 amide bonds. The highest BCUT2D eigenvalue weighted by molar-refractivity contribution is 7.89. The van der Waals surface area contributed by atoms with Gasteiger partial charge in [0.05, 0.1) is 23.2 Å². The number of hydrogen-bond acceptors (Lipinski definition) is 5. The van der Waals surface area contributed by atoms with Gasteiger partial charge in [0, 0.05) is 13.1 Å². The Labute approximate surface area is 112 Å². The number of benzene rings is 1. The third-order valence-electron chi connectivity index (χ3n) is 3.23. The van der Waals surface area contributed by atoms with E-state index in [2.05, 4.69) is 0 Å². The zero-order chi connectivity index (χ0) is 14.2. The number of aliphatic hydroxyl groups is 3. The first kappa shape index (κ1) is 14.4. The summed E-state index contributed by atoms with van der Waals surface area (Å²) in [7, 11) is -3.72. The summed E-state index contributed by atoms with van der Waals surface area (Å²) in [6, 6.07) is 5.91. The lowest BCUT2D eigenvalue weighted by Gasteiger charge is -2.16. The third kappa shape index (κ3) is 2.80. The Hall–Kier alpha value is -0.990. The molecule has 6 nitrogen and oxygen atoms in total. The van der Waals surface area contributed by atoms with E-state index in [4.69, 9.17) is 0 Å². The van der Waals surface area contributed by atoms with Gasteiger partial charge in [-0.25, -0.2) is 8.42 Å². The molecule has 2 rings (SSSR count). The van der Waals surface area contributed by atoms with Gasteiger partial charge in [0.2, 0.25) is 10.0 Å². The third-order valence-corrected chi connectivity index (χ3v) is 5.07. The van der Waals surface area contributed by atoms with Crippen molar-refractivity contribution in [1.82, 2.24) is 4.31 Å². The smallest absolute Gasteiger partial charge is 0.243 e. The molecule has 0 radical (unpaired) electrons. The largest absolute Gasteiger partial charge is 0.389 e. The van der Waals surface area contributed by atoms with Gasteiger partial charge in [-0.1, -0.05) is 12.1 Å². The van der Waals surface area contributed by atoms with Crippen molar-refractivity contribution in [3.63, 3.8) is 0 Å². The minimum atomic E-state index is -3.72. The number of sulfonamides is 1. The van der Waals surface area contributed by atoms with E-state index in [9.17, 15) is 23.7 Å². The summed E-state index contributed by atoms with van der Waals surface area (Å²) in [5.74, 6) is 0. The van der Waals surface area contributed by atoms with Crippen molar-refractivity contribution < 1.29 is 23.7 Å². The van der Waals surface area contributed by atoms with Crippen LogP contribution in [-0.2, 0) is 10.0 Å². The van der Waals surface area contributed by atoms with Crippen molar-refractivity contribution in [2.45, 2.75) is 30.1 Å². The van der Waals surface area contributed by atoms with E-state index in [0.717, 1.165) is 4.31 Å². The van der Waals surface area contributed by atoms with E-state index in [1.54, 1.807) is 19.1 Å². The van der Waals surface area contributed by atoms with Gasteiger partial charge in [-0.05, 0) is 24.6 Å². The highest BCUT2D eigenvalue weighted by Gasteiger charge is 2.37. The maximum Gasteiger partial charge on any atom is 0.243 e. The molecule has 0 aliphatic carbocycles. The van der Waals surface area contributed by atoms with Crippen LogP contribution in [0.4, 0.5) is 0 Å². The first-order valence-electron chi connectivity index (χ1n) is 5.96. The molecule has 0 aromatic heterocycles. The van der Waals surface area contributed by atoms with Crippen molar-refractivity contribution in [2.24, 2.45) is 0 Å². The molecule has 1 aromatic rings. The number of β-amino-alcohol motifs (C(OH)–C–C–N with tert-alkyl or cyclic N) is 2. The number of nitrogens with zero attached hydrogens (tertiary/aromatic N) is 1. The van der Waals surface area contributed by atoms with E-state index in [0.29, 0.717) is 5.56 Å². The minimum absolute atomic E-state index is 0.0817. The molecule has 3 unspecified atom stereocenters. The number of rotatable bonds is 3. The van der Waals surface area contributed by atoms with Gasteiger partial charge in [-0.2, -0.15) is 4.31 Å². The van der Waals surface area contributed by atoms with E-state index < -0.39 is 28.3 Å². The van der Waals surface area contributed by atoms with Crippen LogP contribution in [0.1, 0.15) is 18.6 Å². The van der Waals surface area contributed by atoms with E-state index in [1.165, 1.54) is 12.1 Å². The Balaban J connectivity index is 2.25. The van der Waals surface area contributed by atoms with Crippen molar-refractivity contribution >= 4 is 10.0 Å². The second-order valence-electron chi connectivity index (χ2n) is 4.70. The topological polar surface area (TPSA) is 98.1 Å². The molecule has 1 fully saturated rings. The van der Waals surface area contributed by atoms with E-state index in [1.807, 2.05) is 0 Å². The lowest BCUT2D eigenvalue weighted by atomic mass is 10.1. The van der Waals surface area contributed by atoms with Gasteiger partial charge in [-0.3, -0.25) is 0 Å². The molecular weight excluding hydrogens is 270 g/mol. The second-order valence-corrected chi connectivity index (χ2v) is 6.64. The monoisotopic (exact) mass is 287 g/mol. The first-order chi connectivity index (χ1) is 8.82. The maximum absolute atomic E-state index is 12.2. The molecule has 0 saturated carbocycles. The molecule has 19 heavy (non-hydrogen) atoms. The van der Waals surface area contributed by atoms with Crippen LogP contribution in [0, 0.1) is 0 Å². The molecule has 1 saturated heterocycles. The molecule has 1 heterocycles. The highest BCUT2D eigenvalue weighted by atomic mass is 32.2. The van der Waals surface area contributed by atoms with Crippen LogP contribution in [0.5, 0.6) is 0 Å². The van der Waals surface area contributed by atoms with Crippen molar-refractivity contribution in [3.05, 3.63) is 29.8 Å². The molecule has 1 aliphatic rings. The Morgan fingerprint density at radius 1 is 1.16 bits per heavy atom. The fourth-order valence-electron chi connectivity index (χ4n) is 2.00. The highest BCUT2D eigenvalue weighted by Crippen LogP contribution is 2.23. The molecule has 1 aromatic carbocycles. The molecule has 3 atom stereocenters. The number of hydrogen-bond donors (Lipinski definition) is 3. The fourth-order valence-corrected chi connectivity index (χ4v) is 3.47. The number of aliphatic hydroxyl groups excluding tert-OH is 3. The van der Waals surface area contributed by atoms with Crippen LogP contribution in [-0.4, -0.2) is 53.3 Å². The molecule has 7 heteroatoms. The SMILES string of the molecule is CC(O)c1ccc(S(=O)(=O)N2CC(O)C(O)C2)cc1. The lowest BCUT2D eigenvalue weighted by molar-refractivity contribution is 0.0572. The standard InChI is InChI=1S/C12H17NO5S/c1-8(14)9-2-4-10(5-3-9)19(17,18)13-6-11(15)12(16)7-13/h2-5,8,11-12,14-16H,6-7H2,1H3. The summed E-state index contributed by atoms with van der Waals surface area (Å²) in [4.78, 5) is 0.0817. The van der Waals surface area contributed by atoms with Crippen molar-refractivity contribution in [1.29, 1.82) is 0 Å². The lowest BCUT2D eigenvalue weighted by Crippen LogP contribution is -2.30. The Kier molecular flexibility index (Phi) is 3.93. The van der Waals surface area contributed by atoms with E-state index in [-0.39, 0.29) is 18.0 Å². The van der Waals surface area contributed by atoms with E-state index >= 15 is 0 Å². The van der Waals surface area contributed by atoms with Gasteiger partial charge in [0.1, 0.15) is 0 Å². The maximum atomic E-state index is 12.2. The molecular formula is C12H17NO5S. The Morgan fingerprint density at radius 3 is 2.05 bits per heavy atom. The van der Waals surface area contributed by atoms with Gasteiger partial charge < -0.3 is 15.3 Å². The summed E-state index contributed by atoms with van der Waals surface area (Å²) in [5.41, 5.74) is 0.625. The van der Waals surface area contributed by atoms with Crippen LogP contribution in [0.15, 0.2) is 29.2 Å². The minimum Gasteiger partial charge on any atom is -0.389 e. The predicted octanol–water partition coefficient (Wildman–Crippen LogP) is -0.534. The van der Waals surface area contributed by atoms with Gasteiger partial charge in [0.25, 0.3) is 0 Å². The quantitative estimate of drug-likeness (QED) is 0.694. The average molecular weight is 287 g/mol. The fraction of sp³-hybridized carbons (Fsp3) is 0.500. The van der Waals surface area contributed by atoms with Crippen LogP contribution in [0.2, 0.25) is 0 Å². The molecule has 3 N–H and O–H groups in total. The summed E-state index contributed by atoms with van der Waals surface area (Å²) in [5, 5.41) is 28.2. The summed E-state index contributed by atoms with van der Waals surface area (Å²) >= 11 is 0. The molecule has 0 bridgehead atoms. The van der Waals surface area contributed by atoms with Gasteiger partial charge >= 0.3 is 0 Å². The molecule has 1 aliphatic heterocycles.